The van der Waals surface area contributed by atoms with Crippen molar-refractivity contribution < 1.29 is 9.53 Å². The Hall–Kier alpha value is -2.31. The third-order valence-corrected chi connectivity index (χ3v) is 4.28. The van der Waals surface area contributed by atoms with Gasteiger partial charge in [-0.3, -0.25) is 0 Å². The molecular formula is C18H21ClN4O2. The highest BCUT2D eigenvalue weighted by Crippen LogP contribution is 2.20. The fourth-order valence-electron chi connectivity index (χ4n) is 2.65. The molecule has 0 spiro atoms. The molecule has 0 saturated carbocycles. The van der Waals surface area contributed by atoms with Crippen LogP contribution in [0.2, 0.25) is 5.02 Å². The maximum Gasteiger partial charge on any atom is 0.319 e. The number of nitrogens with zero attached hydrogens (tertiary/aromatic N) is 2. The Kier molecular flexibility index (Phi) is 5.73. The number of carbonyl (C=O) groups is 1. The van der Waals surface area contributed by atoms with Gasteiger partial charge in [0.1, 0.15) is 5.82 Å². The first-order valence-corrected chi connectivity index (χ1v) is 8.60. The molecule has 1 aromatic heterocycles. The molecule has 7 heteroatoms. The molecule has 1 aromatic carbocycles. The first-order chi connectivity index (χ1) is 12.1. The Balaban J connectivity index is 1.51. The number of hydrogen-bond donors (Lipinski definition) is 2. The Bertz CT molecular complexity index is 723. The number of ether oxygens (including phenoxy) is 1. The average molecular weight is 361 g/mol. The van der Waals surface area contributed by atoms with Crippen molar-refractivity contribution in [2.45, 2.75) is 19.6 Å². The number of benzene rings is 1. The minimum absolute atomic E-state index is 0.213. The number of pyridine rings is 1. The van der Waals surface area contributed by atoms with E-state index in [1.807, 2.05) is 24.3 Å². The van der Waals surface area contributed by atoms with Crippen molar-refractivity contribution in [3.8, 4) is 0 Å². The molecule has 2 aromatic rings. The van der Waals surface area contributed by atoms with E-state index in [9.17, 15) is 4.79 Å². The number of aromatic nitrogens is 1. The normalized spacial score (nSPS) is 17.2. The van der Waals surface area contributed by atoms with Crippen molar-refractivity contribution in [1.29, 1.82) is 0 Å². The van der Waals surface area contributed by atoms with Gasteiger partial charge in [-0.15, -0.1) is 0 Å². The van der Waals surface area contributed by atoms with Gasteiger partial charge < -0.3 is 20.3 Å². The van der Waals surface area contributed by atoms with Crippen molar-refractivity contribution in [3.63, 3.8) is 0 Å². The number of amides is 2. The zero-order valence-electron chi connectivity index (χ0n) is 14.0. The molecule has 1 unspecified atom stereocenters. The minimum Gasteiger partial charge on any atom is -0.375 e. The van der Waals surface area contributed by atoms with E-state index in [-0.39, 0.29) is 12.1 Å². The maximum absolute atomic E-state index is 12.0. The third kappa shape index (κ3) is 4.84. The molecule has 2 N–H and O–H groups in total. The topological polar surface area (TPSA) is 66.5 Å². The molecule has 2 amide bonds. The predicted molar refractivity (Wildman–Crippen MR) is 99.2 cm³/mol. The van der Waals surface area contributed by atoms with Crippen LogP contribution in [-0.2, 0) is 11.3 Å². The lowest BCUT2D eigenvalue weighted by molar-refractivity contribution is 0.0529. The SMILES string of the molecule is CC1CN(c2ccc(CNC(=O)Nc3ccccc3Cl)cn2)CCO1. The summed E-state index contributed by atoms with van der Waals surface area (Å²) in [5, 5.41) is 6.03. The lowest BCUT2D eigenvalue weighted by atomic mass is 10.2. The summed E-state index contributed by atoms with van der Waals surface area (Å²) in [6, 6.07) is 10.7. The van der Waals surface area contributed by atoms with Gasteiger partial charge in [0.05, 0.1) is 23.4 Å². The van der Waals surface area contributed by atoms with Gasteiger partial charge in [-0.05, 0) is 30.7 Å². The van der Waals surface area contributed by atoms with Crippen LogP contribution < -0.4 is 15.5 Å². The Labute approximate surface area is 152 Å². The van der Waals surface area contributed by atoms with Crippen LogP contribution in [0.4, 0.5) is 16.3 Å². The fourth-order valence-corrected chi connectivity index (χ4v) is 2.83. The number of carbonyl (C=O) groups excluding carboxylic acids is 1. The number of morpholine rings is 1. The van der Waals surface area contributed by atoms with Crippen LogP contribution in [0.5, 0.6) is 0 Å². The van der Waals surface area contributed by atoms with E-state index in [1.54, 1.807) is 18.3 Å². The molecule has 1 saturated heterocycles. The summed E-state index contributed by atoms with van der Waals surface area (Å²) in [5.41, 5.74) is 1.51. The molecule has 132 valence electrons. The molecule has 1 aliphatic heterocycles. The Morgan fingerprint density at radius 1 is 1.36 bits per heavy atom. The molecular weight excluding hydrogens is 340 g/mol. The summed E-state index contributed by atoms with van der Waals surface area (Å²) in [5.74, 6) is 0.930. The van der Waals surface area contributed by atoms with Crippen LogP contribution in [-0.4, -0.2) is 36.8 Å². The van der Waals surface area contributed by atoms with Gasteiger partial charge in [0.15, 0.2) is 0 Å². The van der Waals surface area contributed by atoms with E-state index in [1.165, 1.54) is 0 Å². The summed E-state index contributed by atoms with van der Waals surface area (Å²) in [7, 11) is 0. The van der Waals surface area contributed by atoms with Crippen LogP contribution in [0.3, 0.4) is 0 Å². The molecule has 1 aliphatic rings. The van der Waals surface area contributed by atoms with E-state index in [2.05, 4.69) is 27.4 Å². The second-order valence-corrected chi connectivity index (χ2v) is 6.35. The highest BCUT2D eigenvalue weighted by atomic mass is 35.5. The highest BCUT2D eigenvalue weighted by molar-refractivity contribution is 6.33. The van der Waals surface area contributed by atoms with Gasteiger partial charge in [0.25, 0.3) is 0 Å². The average Bonchev–Trinajstić information content (AvgIpc) is 2.62. The number of para-hydroxylation sites is 1. The Morgan fingerprint density at radius 3 is 2.92 bits per heavy atom. The van der Waals surface area contributed by atoms with E-state index < -0.39 is 0 Å². The van der Waals surface area contributed by atoms with Crippen LogP contribution in [0.1, 0.15) is 12.5 Å². The van der Waals surface area contributed by atoms with Crippen LogP contribution >= 0.6 is 11.6 Å². The molecule has 0 radical (unpaired) electrons. The second kappa shape index (κ2) is 8.18. The molecule has 2 heterocycles. The van der Waals surface area contributed by atoms with Crippen molar-refractivity contribution in [3.05, 3.63) is 53.2 Å². The van der Waals surface area contributed by atoms with Gasteiger partial charge in [-0.1, -0.05) is 29.8 Å². The summed E-state index contributed by atoms with van der Waals surface area (Å²) in [6.07, 6.45) is 2.00. The standard InChI is InChI=1S/C18H21ClN4O2/c1-13-12-23(8-9-25-13)17-7-6-14(10-20-17)11-21-18(24)22-16-5-3-2-4-15(16)19/h2-7,10,13H,8-9,11-12H2,1H3,(H2,21,22,24). The van der Waals surface area contributed by atoms with Gasteiger partial charge >= 0.3 is 6.03 Å². The monoisotopic (exact) mass is 360 g/mol. The smallest absolute Gasteiger partial charge is 0.319 e. The van der Waals surface area contributed by atoms with Gasteiger partial charge in [-0.2, -0.15) is 0 Å². The van der Waals surface area contributed by atoms with Crippen LogP contribution in [0.15, 0.2) is 42.6 Å². The third-order valence-electron chi connectivity index (χ3n) is 3.95. The summed E-state index contributed by atoms with van der Waals surface area (Å²) < 4.78 is 5.54. The first-order valence-electron chi connectivity index (χ1n) is 8.22. The number of hydrogen-bond acceptors (Lipinski definition) is 4. The van der Waals surface area contributed by atoms with Crippen molar-refractivity contribution in [2.24, 2.45) is 0 Å². The van der Waals surface area contributed by atoms with Gasteiger partial charge in [-0.25, -0.2) is 9.78 Å². The molecule has 1 fully saturated rings. The first kappa shape index (κ1) is 17.5. The largest absolute Gasteiger partial charge is 0.375 e. The van der Waals surface area contributed by atoms with E-state index >= 15 is 0 Å². The predicted octanol–water partition coefficient (Wildman–Crippen LogP) is 3.28. The Morgan fingerprint density at radius 2 is 2.20 bits per heavy atom. The highest BCUT2D eigenvalue weighted by Gasteiger charge is 2.17. The maximum atomic E-state index is 12.0. The molecule has 0 aliphatic carbocycles. The van der Waals surface area contributed by atoms with Gasteiger partial charge in [0.2, 0.25) is 0 Å². The van der Waals surface area contributed by atoms with Crippen molar-refractivity contribution in [1.82, 2.24) is 10.3 Å². The summed E-state index contributed by atoms with van der Waals surface area (Å²) in [6.45, 7) is 4.85. The molecule has 25 heavy (non-hydrogen) atoms. The molecule has 0 bridgehead atoms. The molecule has 6 nitrogen and oxygen atoms in total. The van der Waals surface area contributed by atoms with E-state index in [0.29, 0.717) is 23.9 Å². The minimum atomic E-state index is -0.306. The summed E-state index contributed by atoms with van der Waals surface area (Å²) >= 11 is 6.02. The number of halogens is 1. The number of urea groups is 1. The summed E-state index contributed by atoms with van der Waals surface area (Å²) in [4.78, 5) is 18.7. The number of anilines is 2. The molecule has 3 rings (SSSR count). The van der Waals surface area contributed by atoms with Gasteiger partial charge in [0, 0.05) is 25.8 Å². The van der Waals surface area contributed by atoms with Crippen LogP contribution in [0.25, 0.3) is 0 Å². The zero-order chi connectivity index (χ0) is 17.6. The molecule has 1 atom stereocenters. The number of rotatable bonds is 4. The lowest BCUT2D eigenvalue weighted by Crippen LogP contribution is -2.41. The quantitative estimate of drug-likeness (QED) is 0.878. The lowest BCUT2D eigenvalue weighted by Gasteiger charge is -2.32. The van der Waals surface area contributed by atoms with Crippen molar-refractivity contribution >= 4 is 29.1 Å². The number of nitrogens with one attached hydrogen (secondary N) is 2. The second-order valence-electron chi connectivity index (χ2n) is 5.94. The fraction of sp³-hybridized carbons (Fsp3) is 0.333. The van der Waals surface area contributed by atoms with E-state index in [0.717, 1.165) is 24.5 Å². The van der Waals surface area contributed by atoms with Crippen molar-refractivity contribution in [2.75, 3.05) is 29.9 Å². The zero-order valence-corrected chi connectivity index (χ0v) is 14.8. The van der Waals surface area contributed by atoms with E-state index in [4.69, 9.17) is 16.3 Å². The van der Waals surface area contributed by atoms with Crippen LogP contribution in [0, 0.1) is 0 Å².